The third kappa shape index (κ3) is 4.53. The molecule has 7 heteroatoms. The lowest BCUT2D eigenvalue weighted by molar-refractivity contribution is -0.114. The molecule has 1 aliphatic carbocycles. The van der Waals surface area contributed by atoms with Crippen LogP contribution in [0.1, 0.15) is 22.4 Å². The third-order valence-electron chi connectivity index (χ3n) is 4.93. The van der Waals surface area contributed by atoms with Crippen molar-refractivity contribution in [1.29, 1.82) is 0 Å². The zero-order chi connectivity index (χ0) is 21.1. The first-order valence-corrected chi connectivity index (χ1v) is 9.85. The highest BCUT2D eigenvalue weighted by Crippen LogP contribution is 2.16. The molecule has 0 atom stereocenters. The largest absolute Gasteiger partial charge is 0.348 e. The van der Waals surface area contributed by atoms with E-state index >= 15 is 0 Å². The molecule has 1 fully saturated rings. The Kier molecular flexibility index (Phi) is 5.83. The van der Waals surface area contributed by atoms with Crippen LogP contribution in [0.5, 0.6) is 0 Å². The average Bonchev–Trinajstić information content (AvgIpc) is 3.24. The number of ketones is 1. The third-order valence-corrected chi connectivity index (χ3v) is 4.93. The smallest absolute Gasteiger partial charge is 0.251 e. The summed E-state index contributed by atoms with van der Waals surface area (Å²) in [4.78, 5) is 31.5. The van der Waals surface area contributed by atoms with E-state index in [-0.39, 0.29) is 17.6 Å². The predicted octanol–water partition coefficient (Wildman–Crippen LogP) is 2.61. The zero-order valence-corrected chi connectivity index (χ0v) is 17.0. The van der Waals surface area contributed by atoms with Crippen molar-refractivity contribution in [2.45, 2.75) is 33.1 Å². The number of aromatic nitrogens is 3. The fourth-order valence-corrected chi connectivity index (χ4v) is 3.47. The van der Waals surface area contributed by atoms with E-state index in [4.69, 9.17) is 9.47 Å². The summed E-state index contributed by atoms with van der Waals surface area (Å²) in [5, 5.41) is 0. The van der Waals surface area contributed by atoms with Crippen molar-refractivity contribution in [2.24, 2.45) is 0 Å². The molecule has 1 saturated heterocycles. The monoisotopic (exact) mass is 405 g/mol. The van der Waals surface area contributed by atoms with Crippen molar-refractivity contribution < 1.29 is 14.3 Å². The maximum atomic E-state index is 12.0. The number of allylic oxidation sites excluding steroid dienone is 1. The van der Waals surface area contributed by atoms with Gasteiger partial charge in [0, 0.05) is 24.9 Å². The van der Waals surface area contributed by atoms with Gasteiger partial charge in [0.1, 0.15) is 0 Å². The molecule has 154 valence electrons. The van der Waals surface area contributed by atoms with Crippen LogP contribution in [-0.4, -0.2) is 39.8 Å². The van der Waals surface area contributed by atoms with Crippen molar-refractivity contribution in [3.63, 3.8) is 0 Å². The van der Waals surface area contributed by atoms with Crippen molar-refractivity contribution in [3.05, 3.63) is 75.5 Å². The Balaban J connectivity index is 0.000000158. The van der Waals surface area contributed by atoms with E-state index in [2.05, 4.69) is 9.97 Å². The van der Waals surface area contributed by atoms with Gasteiger partial charge in [0.25, 0.3) is 5.56 Å². The molecule has 4 heterocycles. The van der Waals surface area contributed by atoms with Crippen LogP contribution >= 0.6 is 0 Å². The lowest BCUT2D eigenvalue weighted by Gasteiger charge is -2.13. The quantitative estimate of drug-likeness (QED) is 0.652. The summed E-state index contributed by atoms with van der Waals surface area (Å²) in [6.45, 7) is 5.51. The Morgan fingerprint density at radius 2 is 1.73 bits per heavy atom. The highest BCUT2D eigenvalue weighted by molar-refractivity contribution is 5.97. The van der Waals surface area contributed by atoms with Crippen LogP contribution in [0.15, 0.2) is 47.5 Å². The Morgan fingerprint density at radius 1 is 1.00 bits per heavy atom. The lowest BCUT2D eigenvalue weighted by Crippen LogP contribution is -2.27. The van der Waals surface area contributed by atoms with E-state index < -0.39 is 0 Å². The number of hydrogen-bond donors (Lipinski definition) is 0. The Morgan fingerprint density at radius 3 is 2.53 bits per heavy atom. The van der Waals surface area contributed by atoms with Gasteiger partial charge in [-0.15, -0.1) is 0 Å². The van der Waals surface area contributed by atoms with E-state index in [1.165, 1.54) is 6.07 Å². The number of hydrogen-bond acceptors (Lipinski definition) is 6. The molecule has 1 aliphatic heterocycles. The molecule has 7 nitrogen and oxygen atoms in total. The van der Waals surface area contributed by atoms with Crippen LogP contribution < -0.4 is 5.56 Å². The molecule has 0 N–H and O–H groups in total. The normalized spacial score (nSPS) is 15.7. The van der Waals surface area contributed by atoms with Gasteiger partial charge in [-0.3, -0.25) is 19.6 Å². The summed E-state index contributed by atoms with van der Waals surface area (Å²) in [6.07, 6.45) is 7.14. The number of ether oxygens (including phenoxy) is 2. The van der Waals surface area contributed by atoms with Gasteiger partial charge in [0.05, 0.1) is 36.5 Å². The second-order valence-corrected chi connectivity index (χ2v) is 7.40. The summed E-state index contributed by atoms with van der Waals surface area (Å²) >= 11 is 0. The molecule has 0 radical (unpaired) electrons. The van der Waals surface area contributed by atoms with Crippen molar-refractivity contribution in [1.82, 2.24) is 14.5 Å². The molecule has 3 aromatic rings. The molecular formula is C23H23N3O4. The first-order chi connectivity index (χ1) is 14.5. The minimum absolute atomic E-state index is 0.0611. The number of fused-ring (bicyclic) bond motifs is 2. The summed E-state index contributed by atoms with van der Waals surface area (Å²) in [5.74, 6) is 0.162. The summed E-state index contributed by atoms with van der Waals surface area (Å²) in [5.41, 5.74) is 5.67. The molecule has 2 aliphatic rings. The first kappa shape index (κ1) is 20.1. The molecule has 0 aromatic carbocycles. The van der Waals surface area contributed by atoms with E-state index in [0.29, 0.717) is 26.2 Å². The Bertz CT molecular complexity index is 1180. The Hall–Kier alpha value is -3.16. The van der Waals surface area contributed by atoms with E-state index in [0.717, 1.165) is 33.4 Å². The van der Waals surface area contributed by atoms with Gasteiger partial charge in [-0.05, 0) is 54.8 Å². The number of carbonyl (C=O) groups excluding carboxylic acids is 1. The van der Waals surface area contributed by atoms with E-state index in [9.17, 15) is 9.59 Å². The maximum Gasteiger partial charge on any atom is 0.251 e. The molecule has 0 spiro atoms. The molecule has 30 heavy (non-hydrogen) atoms. The molecule has 0 unspecified atom stereocenters. The molecular weight excluding hydrogens is 382 g/mol. The first-order valence-electron chi connectivity index (χ1n) is 9.85. The standard InChI is InChI=1S/C13H14N2O3.C10H9NO/c1-9-6-11-10(14-7-9)2-3-12(16)15(11)8-13-17-4-5-18-13;1-7-4-8-5-9(12)2-3-10(8)11-6-7/h2-3,6-7,13H,4-5,8H2,1H3;2-4,6H,5H2,1H3. The molecule has 5 rings (SSSR count). The number of nitrogens with zero attached hydrogens (tertiary/aromatic N) is 3. The van der Waals surface area contributed by atoms with Crippen molar-refractivity contribution >= 4 is 22.9 Å². The number of pyridine rings is 3. The highest BCUT2D eigenvalue weighted by Gasteiger charge is 2.18. The van der Waals surface area contributed by atoms with Gasteiger partial charge in [0.15, 0.2) is 12.1 Å². The van der Waals surface area contributed by atoms with Crippen LogP contribution in [0.25, 0.3) is 17.1 Å². The maximum absolute atomic E-state index is 12.0. The lowest BCUT2D eigenvalue weighted by atomic mass is 10.0. The van der Waals surface area contributed by atoms with E-state index in [1.54, 1.807) is 29.0 Å². The minimum atomic E-state index is -0.339. The fourth-order valence-electron chi connectivity index (χ4n) is 3.47. The summed E-state index contributed by atoms with van der Waals surface area (Å²) in [6, 6.07) is 7.24. The van der Waals surface area contributed by atoms with Gasteiger partial charge in [-0.25, -0.2) is 0 Å². The zero-order valence-electron chi connectivity index (χ0n) is 17.0. The van der Waals surface area contributed by atoms with Gasteiger partial charge in [-0.1, -0.05) is 6.07 Å². The van der Waals surface area contributed by atoms with Gasteiger partial charge >= 0.3 is 0 Å². The van der Waals surface area contributed by atoms with Crippen LogP contribution in [0, 0.1) is 13.8 Å². The van der Waals surface area contributed by atoms with Crippen LogP contribution in [0.3, 0.4) is 0 Å². The van der Waals surface area contributed by atoms with E-state index in [1.807, 2.05) is 32.2 Å². The Labute approximate surface area is 174 Å². The molecule has 0 saturated carbocycles. The highest BCUT2D eigenvalue weighted by atomic mass is 16.7. The SMILES string of the molecule is Cc1cnc2c(c1)CC(=O)C=C2.Cc1cnc2ccc(=O)n(CC3OCCO3)c2c1. The van der Waals surface area contributed by atoms with Gasteiger partial charge in [0.2, 0.25) is 0 Å². The average molecular weight is 405 g/mol. The van der Waals surface area contributed by atoms with Crippen LogP contribution in [0.4, 0.5) is 0 Å². The number of carbonyl (C=O) groups is 1. The molecule has 3 aromatic heterocycles. The van der Waals surface area contributed by atoms with Crippen molar-refractivity contribution in [3.8, 4) is 0 Å². The molecule has 0 bridgehead atoms. The number of aryl methyl sites for hydroxylation is 2. The van der Waals surface area contributed by atoms with Gasteiger partial charge in [-0.2, -0.15) is 0 Å². The predicted molar refractivity (Wildman–Crippen MR) is 113 cm³/mol. The van der Waals surface area contributed by atoms with Gasteiger partial charge < -0.3 is 14.0 Å². The summed E-state index contributed by atoms with van der Waals surface area (Å²) < 4.78 is 12.4. The fraction of sp³-hybridized carbons (Fsp3) is 0.304. The second kappa shape index (κ2) is 8.69. The summed E-state index contributed by atoms with van der Waals surface area (Å²) in [7, 11) is 0. The topological polar surface area (TPSA) is 83.3 Å². The number of rotatable bonds is 2. The van der Waals surface area contributed by atoms with Crippen LogP contribution in [-0.2, 0) is 27.2 Å². The van der Waals surface area contributed by atoms with Crippen molar-refractivity contribution in [2.75, 3.05) is 13.2 Å². The molecule has 0 amide bonds. The minimum Gasteiger partial charge on any atom is -0.348 e. The second-order valence-electron chi connectivity index (χ2n) is 7.40. The van der Waals surface area contributed by atoms with Crippen LogP contribution in [0.2, 0.25) is 0 Å².